The largest absolute Gasteiger partial charge is 0.673 e. The van der Waals surface area contributed by atoms with Crippen LogP contribution in [0.25, 0.3) is 0 Å². The topological polar surface area (TPSA) is 40.5 Å². The molecule has 2 nitrogen and oxygen atoms in total. The quantitative estimate of drug-likeness (QED) is 0.330. The van der Waals surface area contributed by atoms with Gasteiger partial charge >= 0.3 is 7.25 Å². The number of halogens is 4. The van der Waals surface area contributed by atoms with E-state index in [1.165, 1.54) is 0 Å². The van der Waals surface area contributed by atoms with Gasteiger partial charge in [-0.3, -0.25) is 0 Å². The molecule has 0 unspecified atom stereocenters. The monoisotopic (exact) mass is 250 g/mol. The molecule has 0 aromatic heterocycles. The fraction of sp³-hybridized carbons (Fsp3) is 0.714. The van der Waals surface area contributed by atoms with Crippen molar-refractivity contribution >= 4 is 19.9 Å². The molecule has 0 aromatic carbocycles. The lowest BCUT2D eigenvalue weighted by atomic mass is 10.1. The van der Waals surface area contributed by atoms with Gasteiger partial charge in [0.15, 0.2) is 0 Å². The average molecular weight is 250 g/mol. The van der Waals surface area contributed by atoms with Gasteiger partial charge in [-0.1, -0.05) is 5.57 Å². The first-order valence-electron chi connectivity index (χ1n) is 4.26. The lowest BCUT2D eigenvalue weighted by molar-refractivity contribution is 0.280. The lowest BCUT2D eigenvalue weighted by Crippen LogP contribution is -2.02. The summed E-state index contributed by atoms with van der Waals surface area (Å²) >= 11 is 3.29. The van der Waals surface area contributed by atoms with Crippen molar-refractivity contribution in [1.29, 1.82) is 0 Å². The molecule has 15 heavy (non-hydrogen) atoms. The van der Waals surface area contributed by atoms with Crippen molar-refractivity contribution in [2.75, 3.05) is 19.0 Å². The van der Waals surface area contributed by atoms with Gasteiger partial charge < -0.3 is 27.5 Å². The van der Waals surface area contributed by atoms with Crippen LogP contribution < -0.4 is 0 Å². The summed E-state index contributed by atoms with van der Waals surface area (Å²) in [5.74, 6) is 0.787. The maximum Gasteiger partial charge on any atom is 0.673 e. The van der Waals surface area contributed by atoms with Crippen molar-refractivity contribution in [2.24, 2.45) is 0 Å². The molecule has 0 heterocycles. The predicted octanol–water partition coefficient (Wildman–Crippen LogP) is 0.989. The van der Waals surface area contributed by atoms with E-state index >= 15 is 0 Å². The zero-order valence-corrected chi connectivity index (χ0v) is 9.10. The summed E-state index contributed by atoms with van der Waals surface area (Å²) in [5, 5.41) is 17.1. The maximum absolute atomic E-state index is 9.75. The van der Waals surface area contributed by atoms with Gasteiger partial charge in [-0.2, -0.15) is 0 Å². The molecule has 0 spiro atoms. The Morgan fingerprint density at radius 3 is 1.60 bits per heavy atom. The van der Waals surface area contributed by atoms with E-state index in [-0.39, 0.29) is 13.2 Å². The van der Waals surface area contributed by atoms with Crippen LogP contribution in [0.1, 0.15) is 12.8 Å². The van der Waals surface area contributed by atoms with Crippen LogP contribution in [0.4, 0.5) is 17.3 Å². The zero-order valence-electron chi connectivity index (χ0n) is 8.10. The van der Waals surface area contributed by atoms with E-state index < -0.39 is 7.25 Å². The number of aliphatic hydroxyl groups is 2. The van der Waals surface area contributed by atoms with Gasteiger partial charge in [-0.15, -0.1) is 0 Å². The van der Waals surface area contributed by atoms with Gasteiger partial charge in [0.05, 0.1) is 0 Å². The van der Waals surface area contributed by atoms with Crippen LogP contribution in [0.3, 0.4) is 0 Å². The molecule has 0 saturated carbocycles. The molecule has 8 heteroatoms. The lowest BCUT2D eigenvalue weighted by Gasteiger charge is -2.00. The molecule has 2 N–H and O–H groups in total. The first-order chi connectivity index (χ1) is 6.85. The Morgan fingerprint density at radius 1 is 1.07 bits per heavy atom. The van der Waals surface area contributed by atoms with Crippen LogP contribution in [0.15, 0.2) is 11.6 Å². The average Bonchev–Trinajstić information content (AvgIpc) is 2.02. The van der Waals surface area contributed by atoms with E-state index in [1.54, 1.807) is 0 Å². The first-order valence-corrected chi connectivity index (χ1v) is 4.97. The standard InChI is InChI=1S/C7H14O2S.BF4/c8-4-1-7(2-5-9)3-6-10;2-1(3,4)5/h3,8-10H,1-2,4-6H2;/q;-1/p+1. The smallest absolute Gasteiger partial charge is 0.418 e. The molecule has 92 valence electrons. The highest BCUT2D eigenvalue weighted by Crippen LogP contribution is 2.06. The van der Waals surface area contributed by atoms with Gasteiger partial charge in [0.1, 0.15) is 5.75 Å². The summed E-state index contributed by atoms with van der Waals surface area (Å²) in [4.78, 5) is 0. The number of hydrogen-bond donors (Lipinski definition) is 2. The molecule has 0 radical (unpaired) electrons. The predicted molar refractivity (Wildman–Crippen MR) is 56.7 cm³/mol. The van der Waals surface area contributed by atoms with E-state index in [9.17, 15) is 17.3 Å². The maximum atomic E-state index is 9.75. The minimum Gasteiger partial charge on any atom is -0.418 e. The molecule has 0 aliphatic rings. The molecule has 0 aliphatic carbocycles. The number of aliphatic hydroxyl groups excluding tert-OH is 2. The van der Waals surface area contributed by atoms with E-state index in [4.69, 9.17) is 10.2 Å². The Labute approximate surface area is 91.5 Å². The Bertz CT molecular complexity index is 161. The third-order valence-electron chi connectivity index (χ3n) is 1.26. The molecule has 0 amide bonds. The summed E-state index contributed by atoms with van der Waals surface area (Å²) in [6.45, 7) is 0.329. The zero-order chi connectivity index (χ0) is 12.3. The van der Waals surface area contributed by atoms with Crippen molar-refractivity contribution in [3.8, 4) is 0 Å². The highest BCUT2D eigenvalue weighted by Gasteiger charge is 2.20. The second kappa shape index (κ2) is 10.3. The van der Waals surface area contributed by atoms with Crippen molar-refractivity contribution in [2.45, 2.75) is 12.8 Å². The van der Waals surface area contributed by atoms with E-state index in [0.717, 1.165) is 11.3 Å². The number of hydrogen-bond acceptors (Lipinski definition) is 2. The van der Waals surface area contributed by atoms with Crippen molar-refractivity contribution < 1.29 is 27.5 Å². The van der Waals surface area contributed by atoms with Gasteiger partial charge in [0.25, 0.3) is 0 Å². The molecule has 0 bridgehead atoms. The SMILES string of the molecule is F[B-](F)(F)F.OCCC(=CC[SH2+])CCO. The van der Waals surface area contributed by atoms with E-state index in [2.05, 4.69) is 12.6 Å². The van der Waals surface area contributed by atoms with Gasteiger partial charge in [0, 0.05) is 13.2 Å². The molecule has 0 fully saturated rings. The highest BCUT2D eigenvalue weighted by molar-refractivity contribution is 7.58. The Hall–Kier alpha value is -0.205. The third kappa shape index (κ3) is 24.8. The molecule has 0 saturated heterocycles. The van der Waals surface area contributed by atoms with Crippen LogP contribution in [0, 0.1) is 0 Å². The summed E-state index contributed by atoms with van der Waals surface area (Å²) in [7, 11) is -6.00. The minimum absolute atomic E-state index is 0.165. The Kier molecular flexibility index (Phi) is 11.8. The van der Waals surface area contributed by atoms with Crippen LogP contribution >= 0.6 is 0 Å². The first kappa shape index (κ1) is 17.2. The molecule has 0 aromatic rings. The number of rotatable bonds is 5. The van der Waals surface area contributed by atoms with Crippen LogP contribution in [0.2, 0.25) is 0 Å². The van der Waals surface area contributed by atoms with Crippen molar-refractivity contribution in [1.82, 2.24) is 0 Å². The Balaban J connectivity index is 0. The van der Waals surface area contributed by atoms with Crippen LogP contribution in [-0.4, -0.2) is 36.4 Å². The van der Waals surface area contributed by atoms with E-state index in [0.29, 0.717) is 12.8 Å². The summed E-state index contributed by atoms with van der Waals surface area (Å²) in [5.41, 5.74) is 1.11. The second-order valence-corrected chi connectivity index (χ2v) is 2.92. The van der Waals surface area contributed by atoms with E-state index in [1.807, 2.05) is 6.08 Å². The van der Waals surface area contributed by atoms with Crippen molar-refractivity contribution in [3.63, 3.8) is 0 Å². The molecular weight excluding hydrogens is 235 g/mol. The third-order valence-corrected chi connectivity index (χ3v) is 1.46. The normalized spacial score (nSPS) is 10.3. The van der Waals surface area contributed by atoms with Crippen LogP contribution in [0.5, 0.6) is 0 Å². The minimum atomic E-state index is -6.00. The van der Waals surface area contributed by atoms with Crippen LogP contribution in [-0.2, 0) is 12.6 Å². The summed E-state index contributed by atoms with van der Waals surface area (Å²) < 4.78 is 39.0. The summed E-state index contributed by atoms with van der Waals surface area (Å²) in [6.07, 6.45) is 3.32. The van der Waals surface area contributed by atoms with Gasteiger partial charge in [-0.05, 0) is 31.5 Å². The fourth-order valence-electron chi connectivity index (χ4n) is 0.761. The van der Waals surface area contributed by atoms with Gasteiger partial charge in [0.2, 0.25) is 0 Å². The Morgan fingerprint density at radius 2 is 1.40 bits per heavy atom. The molecule has 0 aliphatic heterocycles. The highest BCUT2D eigenvalue weighted by atomic mass is 32.1. The van der Waals surface area contributed by atoms with Crippen molar-refractivity contribution in [3.05, 3.63) is 11.6 Å². The second-order valence-electron chi connectivity index (χ2n) is 2.51. The molecule has 0 atom stereocenters. The fourth-order valence-corrected chi connectivity index (χ4v) is 1.05. The summed E-state index contributed by atoms with van der Waals surface area (Å²) in [6, 6.07) is 0. The molecule has 0 rings (SSSR count). The molecular formula is C7H15BF4O2S. The van der Waals surface area contributed by atoms with Gasteiger partial charge in [-0.25, -0.2) is 0 Å².